The number of rotatable bonds is 9. The van der Waals surface area contributed by atoms with E-state index in [1.165, 1.54) is 29.4 Å². The highest BCUT2D eigenvalue weighted by Gasteiger charge is 2.34. The first-order valence-corrected chi connectivity index (χ1v) is 15.3. The van der Waals surface area contributed by atoms with Gasteiger partial charge in [-0.3, -0.25) is 8.98 Å². The predicted molar refractivity (Wildman–Crippen MR) is 149 cm³/mol. The van der Waals surface area contributed by atoms with Gasteiger partial charge in [-0.2, -0.15) is 8.42 Å². The minimum Gasteiger partial charge on any atom is -0.393 e. The number of aromatic nitrogens is 2. The largest absolute Gasteiger partial charge is 0.393 e. The number of nitrogens with one attached hydrogen (secondary N) is 2. The summed E-state index contributed by atoms with van der Waals surface area (Å²) in [5, 5.41) is 22.7. The Hall–Kier alpha value is -2.45. The van der Waals surface area contributed by atoms with Crippen molar-refractivity contribution in [2.24, 2.45) is 17.0 Å². The van der Waals surface area contributed by atoms with E-state index in [0.29, 0.717) is 40.7 Å². The molecule has 0 amide bonds. The van der Waals surface area contributed by atoms with Crippen LogP contribution in [0.4, 0.5) is 5.82 Å². The van der Waals surface area contributed by atoms with Gasteiger partial charge in [0.05, 0.1) is 29.2 Å². The number of thiophene rings is 1. The van der Waals surface area contributed by atoms with E-state index in [-0.39, 0.29) is 30.3 Å². The van der Waals surface area contributed by atoms with E-state index < -0.39 is 16.4 Å². The smallest absolute Gasteiger partial charge is 0.333 e. The molecule has 5 N–H and O–H groups in total. The van der Waals surface area contributed by atoms with Crippen LogP contribution in [0.25, 0.3) is 0 Å². The Morgan fingerprint density at radius 2 is 2.13 bits per heavy atom. The van der Waals surface area contributed by atoms with Gasteiger partial charge in [0.2, 0.25) is 5.78 Å². The third kappa shape index (κ3) is 6.49. The molecular formula is C26H30ClN5O5S2. The van der Waals surface area contributed by atoms with Crippen molar-refractivity contribution < 1.29 is 22.5 Å². The summed E-state index contributed by atoms with van der Waals surface area (Å²) in [6.45, 7) is 3.13. The number of carbonyl (C=O) groups is 1. The number of hydrogen-bond donors (Lipinski definition) is 4. The fourth-order valence-electron chi connectivity index (χ4n) is 5.45. The number of fused-ring (bicyclic) bond motifs is 1. The standard InChI is InChI=1S/C26H30ClN5O5S2/c1-14-19(24-20-8-18(27)3-2-16(20)4-5-30-24)9-23(38-14)25(34)21-11-29-13-32-26(21)31-10-15-6-17(22(33)7-15)12-37-39(28,35)36/h2-3,8-9,11,13,15,17,22,24,30,33H,4-7,10,12H2,1H3,(H2,28,35,36)(H,29,31,32)/t15-,17-,22+,24?/m1/s1. The fraction of sp³-hybridized carbons (Fsp3) is 0.423. The summed E-state index contributed by atoms with van der Waals surface area (Å²) >= 11 is 7.74. The van der Waals surface area contributed by atoms with E-state index in [9.17, 15) is 18.3 Å². The van der Waals surface area contributed by atoms with Crippen LogP contribution in [0, 0.1) is 18.8 Å². The second-order valence-corrected chi connectivity index (χ2v) is 13.0. The number of nitrogens with zero attached hydrogens (tertiary/aromatic N) is 2. The van der Waals surface area contributed by atoms with Gasteiger partial charge in [-0.15, -0.1) is 11.3 Å². The molecule has 0 saturated heterocycles. The molecule has 0 bridgehead atoms. The molecule has 5 rings (SSSR count). The maximum absolute atomic E-state index is 13.6. The van der Waals surface area contributed by atoms with Crippen molar-refractivity contribution in [1.29, 1.82) is 0 Å². The molecule has 2 aliphatic rings. The van der Waals surface area contributed by atoms with E-state index in [4.69, 9.17) is 16.7 Å². The van der Waals surface area contributed by atoms with Crippen LogP contribution in [0.3, 0.4) is 0 Å². The monoisotopic (exact) mass is 591 g/mol. The maximum Gasteiger partial charge on any atom is 0.333 e. The van der Waals surface area contributed by atoms with E-state index in [2.05, 4.69) is 30.9 Å². The molecule has 39 heavy (non-hydrogen) atoms. The Morgan fingerprint density at radius 3 is 2.92 bits per heavy atom. The molecule has 1 aliphatic carbocycles. The third-order valence-corrected chi connectivity index (χ3v) is 9.13. The number of halogens is 1. The molecule has 1 unspecified atom stereocenters. The zero-order valence-electron chi connectivity index (χ0n) is 21.3. The van der Waals surface area contributed by atoms with E-state index >= 15 is 0 Å². The Bertz CT molecular complexity index is 1480. The van der Waals surface area contributed by atoms with Gasteiger partial charge in [-0.25, -0.2) is 15.1 Å². The molecule has 1 aromatic carbocycles. The van der Waals surface area contributed by atoms with Gasteiger partial charge in [0.1, 0.15) is 12.1 Å². The highest BCUT2D eigenvalue weighted by Crippen LogP contribution is 2.37. The van der Waals surface area contributed by atoms with Crippen molar-refractivity contribution in [2.75, 3.05) is 25.0 Å². The quantitative estimate of drug-likeness (QED) is 0.275. The zero-order chi connectivity index (χ0) is 27.7. The Morgan fingerprint density at radius 1 is 1.31 bits per heavy atom. The van der Waals surface area contributed by atoms with E-state index in [1.807, 2.05) is 25.1 Å². The predicted octanol–water partition coefficient (Wildman–Crippen LogP) is 2.99. The van der Waals surface area contributed by atoms with Crippen molar-refractivity contribution in [3.8, 4) is 0 Å². The van der Waals surface area contributed by atoms with Crippen molar-refractivity contribution in [1.82, 2.24) is 15.3 Å². The number of aliphatic hydroxyl groups excluding tert-OH is 1. The Kier molecular flexibility index (Phi) is 8.34. The molecule has 13 heteroatoms. The molecule has 0 spiro atoms. The second-order valence-electron chi connectivity index (χ2n) is 10.0. The normalized spacial score (nSPS) is 23.0. The summed E-state index contributed by atoms with van der Waals surface area (Å²) in [4.78, 5) is 23.6. The number of ketones is 1. The number of aliphatic hydroxyl groups is 1. The first-order valence-electron chi connectivity index (χ1n) is 12.6. The molecule has 3 aromatic rings. The van der Waals surface area contributed by atoms with Crippen LogP contribution in [0.1, 0.15) is 55.7 Å². The number of carbonyl (C=O) groups excluding carboxylic acids is 1. The lowest BCUT2D eigenvalue weighted by Gasteiger charge is -2.27. The average Bonchev–Trinajstić information content (AvgIpc) is 3.46. The summed E-state index contributed by atoms with van der Waals surface area (Å²) in [5.41, 5.74) is 3.79. The lowest BCUT2D eigenvalue weighted by atomic mass is 9.90. The van der Waals surface area contributed by atoms with Crippen LogP contribution < -0.4 is 15.8 Å². The van der Waals surface area contributed by atoms with Crippen LogP contribution in [0.15, 0.2) is 36.8 Å². The van der Waals surface area contributed by atoms with Crippen LogP contribution in [-0.2, 0) is 20.9 Å². The summed E-state index contributed by atoms with van der Waals surface area (Å²) in [6, 6.07) is 7.86. The number of hydrogen-bond acceptors (Lipinski definition) is 10. The molecule has 1 fully saturated rings. The van der Waals surface area contributed by atoms with Crippen LogP contribution in [0.2, 0.25) is 5.02 Å². The van der Waals surface area contributed by atoms with Crippen LogP contribution >= 0.6 is 22.9 Å². The number of aryl methyl sites for hydroxylation is 1. The van der Waals surface area contributed by atoms with E-state index in [1.54, 1.807) is 0 Å². The molecular weight excluding hydrogens is 562 g/mol. The van der Waals surface area contributed by atoms with Gasteiger partial charge in [0.15, 0.2) is 0 Å². The molecule has 208 valence electrons. The molecule has 10 nitrogen and oxygen atoms in total. The Balaban J connectivity index is 1.30. The first-order chi connectivity index (χ1) is 18.6. The SMILES string of the molecule is Cc1sc(C(=O)c2cncnc2NC[C@@H]2C[C@H](COS(N)(=O)=O)[C@@H](O)C2)cc1C1NCCc2ccc(Cl)cc21. The highest BCUT2D eigenvalue weighted by molar-refractivity contribution is 7.84. The lowest BCUT2D eigenvalue weighted by Crippen LogP contribution is -2.30. The maximum atomic E-state index is 13.6. The molecule has 3 heterocycles. The topological polar surface area (TPSA) is 157 Å². The van der Waals surface area contributed by atoms with Gasteiger partial charge < -0.3 is 15.7 Å². The molecule has 1 aliphatic heterocycles. The molecule has 4 atom stereocenters. The Labute approximate surface area is 236 Å². The van der Waals surface area contributed by atoms with Crippen molar-refractivity contribution in [3.05, 3.63) is 73.8 Å². The molecule has 2 aromatic heterocycles. The summed E-state index contributed by atoms with van der Waals surface area (Å²) in [5.74, 6) is -0.0749. The van der Waals surface area contributed by atoms with Crippen molar-refractivity contribution in [3.63, 3.8) is 0 Å². The molecule has 1 saturated carbocycles. The van der Waals surface area contributed by atoms with Crippen molar-refractivity contribution >= 4 is 44.8 Å². The number of benzene rings is 1. The minimum absolute atomic E-state index is 0.0341. The number of anilines is 1. The highest BCUT2D eigenvalue weighted by atomic mass is 35.5. The summed E-state index contributed by atoms with van der Waals surface area (Å²) < 4.78 is 26.9. The summed E-state index contributed by atoms with van der Waals surface area (Å²) in [6.07, 6.45) is 4.12. The van der Waals surface area contributed by atoms with Gasteiger partial charge >= 0.3 is 10.3 Å². The third-order valence-electron chi connectivity index (χ3n) is 7.37. The number of nitrogens with two attached hydrogens (primary N) is 1. The lowest BCUT2D eigenvalue weighted by molar-refractivity contribution is 0.100. The molecule has 0 radical (unpaired) electrons. The average molecular weight is 592 g/mol. The van der Waals surface area contributed by atoms with Gasteiger partial charge in [-0.1, -0.05) is 17.7 Å². The second kappa shape index (κ2) is 11.6. The van der Waals surface area contributed by atoms with Gasteiger partial charge in [-0.05, 0) is 67.0 Å². The zero-order valence-corrected chi connectivity index (χ0v) is 23.7. The first kappa shape index (κ1) is 28.1. The minimum atomic E-state index is -4.06. The van der Waals surface area contributed by atoms with Crippen molar-refractivity contribution in [2.45, 2.75) is 38.3 Å². The van der Waals surface area contributed by atoms with E-state index in [0.717, 1.165) is 29.0 Å². The fourth-order valence-corrected chi connectivity index (χ4v) is 7.01. The summed E-state index contributed by atoms with van der Waals surface area (Å²) in [7, 11) is -4.06. The van der Waals surface area contributed by atoms with Gasteiger partial charge in [0, 0.05) is 35.1 Å². The van der Waals surface area contributed by atoms with Crippen LogP contribution in [0.5, 0.6) is 0 Å². The van der Waals surface area contributed by atoms with Crippen LogP contribution in [-0.4, -0.2) is 55.1 Å². The van der Waals surface area contributed by atoms with Gasteiger partial charge in [0.25, 0.3) is 0 Å².